The van der Waals surface area contributed by atoms with E-state index in [1.54, 1.807) is 4.90 Å². The Morgan fingerprint density at radius 3 is 2.63 bits per heavy atom. The molecule has 30 heavy (non-hydrogen) atoms. The van der Waals surface area contributed by atoms with E-state index in [1.807, 2.05) is 0 Å². The number of rotatable bonds is 5. The van der Waals surface area contributed by atoms with Gasteiger partial charge in [-0.15, -0.1) is 13.2 Å². The maximum atomic E-state index is 12.8. The van der Waals surface area contributed by atoms with Crippen LogP contribution in [0.1, 0.15) is 49.4 Å². The lowest BCUT2D eigenvalue weighted by molar-refractivity contribution is -0.274. The van der Waals surface area contributed by atoms with Gasteiger partial charge in [-0.25, -0.2) is 0 Å². The van der Waals surface area contributed by atoms with Gasteiger partial charge < -0.3 is 19.7 Å². The van der Waals surface area contributed by atoms with E-state index in [1.165, 1.54) is 25.1 Å². The number of likely N-dealkylation sites (tertiary alicyclic amines) is 1. The molecule has 0 aliphatic carbocycles. The van der Waals surface area contributed by atoms with E-state index >= 15 is 0 Å². The smallest absolute Gasteiger partial charge is 0.405 e. The summed E-state index contributed by atoms with van der Waals surface area (Å²) in [5.41, 5.74) is -0.402. The average molecular weight is 428 g/mol. The Morgan fingerprint density at radius 2 is 1.97 bits per heavy atom. The highest BCUT2D eigenvalue weighted by atomic mass is 19.4. The highest BCUT2D eigenvalue weighted by Gasteiger charge is 2.41. The third kappa shape index (κ3) is 5.87. The summed E-state index contributed by atoms with van der Waals surface area (Å²) >= 11 is 0. The predicted molar refractivity (Wildman–Crippen MR) is 103 cm³/mol. The summed E-state index contributed by atoms with van der Waals surface area (Å²) < 4.78 is 48.1. The molecule has 2 aliphatic heterocycles. The maximum Gasteiger partial charge on any atom is 0.573 e. The van der Waals surface area contributed by atoms with Crippen molar-refractivity contribution < 1.29 is 32.2 Å². The largest absolute Gasteiger partial charge is 0.573 e. The third-order valence-electron chi connectivity index (χ3n) is 5.83. The second-order valence-corrected chi connectivity index (χ2v) is 8.00. The number of halogens is 3. The molecule has 2 amide bonds. The van der Waals surface area contributed by atoms with Crippen molar-refractivity contribution in [3.8, 4) is 5.75 Å². The molecule has 0 saturated carbocycles. The molecule has 3 rings (SSSR count). The number of carbonyl (C=O) groups is 2. The number of nitrogens with one attached hydrogen (secondary N) is 1. The van der Waals surface area contributed by atoms with Crippen LogP contribution >= 0.6 is 0 Å². The van der Waals surface area contributed by atoms with Crippen molar-refractivity contribution in [3.63, 3.8) is 0 Å². The molecule has 2 aliphatic rings. The summed E-state index contributed by atoms with van der Waals surface area (Å²) in [7, 11) is 0. The molecule has 2 fully saturated rings. The van der Waals surface area contributed by atoms with Gasteiger partial charge in [0.2, 0.25) is 5.91 Å². The number of para-hydroxylation sites is 1. The SMILES string of the molecule is CC(=O)NCCC1CCOC2(CCN(C(=O)c3ccccc3OC(F)(F)F)CC2)C1. The summed E-state index contributed by atoms with van der Waals surface area (Å²) in [6.45, 7) is 3.60. The van der Waals surface area contributed by atoms with Crippen LogP contribution in [0, 0.1) is 5.92 Å². The van der Waals surface area contributed by atoms with E-state index in [-0.39, 0.29) is 17.1 Å². The normalized spacial score (nSPS) is 21.3. The second kappa shape index (κ2) is 9.24. The van der Waals surface area contributed by atoms with Gasteiger partial charge in [-0.3, -0.25) is 9.59 Å². The highest BCUT2D eigenvalue weighted by molar-refractivity contribution is 5.97. The molecular weight excluding hydrogens is 401 g/mol. The Labute approximate surface area is 173 Å². The minimum Gasteiger partial charge on any atom is -0.405 e. The van der Waals surface area contributed by atoms with Gasteiger partial charge in [0.05, 0.1) is 11.2 Å². The molecule has 1 aromatic carbocycles. The van der Waals surface area contributed by atoms with Crippen LogP contribution in [-0.2, 0) is 9.53 Å². The first kappa shape index (κ1) is 22.4. The number of hydrogen-bond acceptors (Lipinski definition) is 4. The molecular formula is C21H27F3N2O4. The molecule has 1 atom stereocenters. The molecule has 0 aromatic heterocycles. The number of amides is 2. The first-order chi connectivity index (χ1) is 14.2. The van der Waals surface area contributed by atoms with Crippen LogP contribution in [0.5, 0.6) is 5.75 Å². The molecule has 1 unspecified atom stereocenters. The van der Waals surface area contributed by atoms with Gasteiger partial charge in [-0.1, -0.05) is 12.1 Å². The molecule has 2 heterocycles. The van der Waals surface area contributed by atoms with E-state index in [0.29, 0.717) is 45.0 Å². The van der Waals surface area contributed by atoms with Gasteiger partial charge in [0, 0.05) is 33.2 Å². The molecule has 9 heteroatoms. The van der Waals surface area contributed by atoms with Crippen molar-refractivity contribution in [1.29, 1.82) is 0 Å². The van der Waals surface area contributed by atoms with Crippen LogP contribution in [0.2, 0.25) is 0 Å². The Morgan fingerprint density at radius 1 is 1.27 bits per heavy atom. The van der Waals surface area contributed by atoms with Gasteiger partial charge in [0.25, 0.3) is 5.91 Å². The van der Waals surface area contributed by atoms with Crippen molar-refractivity contribution >= 4 is 11.8 Å². The summed E-state index contributed by atoms with van der Waals surface area (Å²) in [6.07, 6.45) is -0.899. The number of hydrogen-bond donors (Lipinski definition) is 1. The van der Waals surface area contributed by atoms with Crippen molar-refractivity contribution in [2.75, 3.05) is 26.2 Å². The lowest BCUT2D eigenvalue weighted by atomic mass is 9.78. The Kier molecular flexibility index (Phi) is 6.90. The lowest BCUT2D eigenvalue weighted by Crippen LogP contribution is -2.51. The van der Waals surface area contributed by atoms with E-state index in [0.717, 1.165) is 25.3 Å². The van der Waals surface area contributed by atoms with Crippen molar-refractivity contribution in [2.45, 2.75) is 51.0 Å². The number of nitrogens with zero attached hydrogens (tertiary/aromatic N) is 1. The molecule has 0 radical (unpaired) electrons. The van der Waals surface area contributed by atoms with Gasteiger partial charge in [0.1, 0.15) is 5.75 Å². The number of alkyl halides is 3. The quantitative estimate of drug-likeness (QED) is 0.780. The van der Waals surface area contributed by atoms with Crippen molar-refractivity contribution in [1.82, 2.24) is 10.2 Å². The minimum atomic E-state index is -4.86. The first-order valence-corrected chi connectivity index (χ1v) is 10.2. The van der Waals surface area contributed by atoms with Crippen LogP contribution in [0.15, 0.2) is 24.3 Å². The molecule has 1 spiro atoms. The van der Waals surface area contributed by atoms with Crippen LogP contribution in [-0.4, -0.2) is 54.9 Å². The highest BCUT2D eigenvalue weighted by Crippen LogP contribution is 2.39. The fourth-order valence-corrected chi connectivity index (χ4v) is 4.32. The molecule has 2 saturated heterocycles. The number of benzene rings is 1. The molecule has 166 valence electrons. The van der Waals surface area contributed by atoms with Crippen LogP contribution in [0.3, 0.4) is 0 Å². The van der Waals surface area contributed by atoms with Gasteiger partial charge in [-0.05, 0) is 50.2 Å². The number of ether oxygens (including phenoxy) is 2. The zero-order valence-corrected chi connectivity index (χ0v) is 17.0. The van der Waals surface area contributed by atoms with Gasteiger partial charge >= 0.3 is 6.36 Å². The second-order valence-electron chi connectivity index (χ2n) is 8.00. The standard InChI is InChI=1S/C21H27F3N2O4/c1-15(27)25-10-6-16-7-13-29-20(14-16)8-11-26(12-9-20)19(28)17-4-2-3-5-18(17)30-21(22,23)24/h2-5,16H,6-14H2,1H3,(H,25,27). The summed E-state index contributed by atoms with van der Waals surface area (Å²) in [4.78, 5) is 25.5. The summed E-state index contributed by atoms with van der Waals surface area (Å²) in [6, 6.07) is 5.42. The Balaban J connectivity index is 1.59. The molecule has 6 nitrogen and oxygen atoms in total. The zero-order valence-electron chi connectivity index (χ0n) is 17.0. The molecule has 0 bridgehead atoms. The lowest BCUT2D eigenvalue weighted by Gasteiger charge is -2.46. The third-order valence-corrected chi connectivity index (χ3v) is 5.83. The predicted octanol–water partition coefficient (Wildman–Crippen LogP) is 3.51. The van der Waals surface area contributed by atoms with Crippen molar-refractivity contribution in [2.24, 2.45) is 5.92 Å². The van der Waals surface area contributed by atoms with Gasteiger partial charge in [0.15, 0.2) is 0 Å². The summed E-state index contributed by atoms with van der Waals surface area (Å²) in [5, 5.41) is 2.82. The van der Waals surface area contributed by atoms with E-state index in [9.17, 15) is 22.8 Å². The first-order valence-electron chi connectivity index (χ1n) is 10.2. The Hall–Kier alpha value is -2.29. The average Bonchev–Trinajstić information content (AvgIpc) is 2.67. The fraction of sp³-hybridized carbons (Fsp3) is 0.619. The Bertz CT molecular complexity index is 761. The molecule has 1 aromatic rings. The number of piperidine rings is 1. The summed E-state index contributed by atoms with van der Waals surface area (Å²) in [5.74, 6) is -0.558. The van der Waals surface area contributed by atoms with Gasteiger partial charge in [-0.2, -0.15) is 0 Å². The fourth-order valence-electron chi connectivity index (χ4n) is 4.32. The maximum absolute atomic E-state index is 12.8. The number of carbonyl (C=O) groups excluding carboxylic acids is 2. The van der Waals surface area contributed by atoms with Crippen LogP contribution in [0.25, 0.3) is 0 Å². The molecule has 1 N–H and O–H groups in total. The van der Waals surface area contributed by atoms with Crippen LogP contribution < -0.4 is 10.1 Å². The monoisotopic (exact) mass is 428 g/mol. The topological polar surface area (TPSA) is 67.9 Å². The van der Waals surface area contributed by atoms with E-state index < -0.39 is 18.0 Å². The van der Waals surface area contributed by atoms with Crippen LogP contribution in [0.4, 0.5) is 13.2 Å². The zero-order chi connectivity index (χ0) is 21.8. The van der Waals surface area contributed by atoms with E-state index in [2.05, 4.69) is 10.1 Å². The van der Waals surface area contributed by atoms with E-state index in [4.69, 9.17) is 4.74 Å². The minimum absolute atomic E-state index is 0.0432. The van der Waals surface area contributed by atoms with Crippen molar-refractivity contribution in [3.05, 3.63) is 29.8 Å².